The average molecular weight is 331 g/mol. The molecule has 0 spiro atoms. The fraction of sp³-hybridized carbons (Fsp3) is 0.471. The van der Waals surface area contributed by atoms with Crippen LogP contribution in [0.15, 0.2) is 30.6 Å². The Labute approximate surface area is 140 Å². The second-order valence-corrected chi connectivity index (χ2v) is 6.18. The van der Waals surface area contributed by atoms with E-state index < -0.39 is 0 Å². The summed E-state index contributed by atoms with van der Waals surface area (Å²) >= 11 is 0. The number of rotatable bonds is 5. The predicted molar refractivity (Wildman–Crippen MR) is 86.3 cm³/mol. The molecular weight excluding hydrogens is 310 g/mol. The summed E-state index contributed by atoms with van der Waals surface area (Å²) in [5.74, 6) is 2.42. The molecule has 0 N–H and O–H groups in total. The van der Waals surface area contributed by atoms with Crippen LogP contribution in [0, 0.1) is 0 Å². The number of benzene rings is 1. The highest BCUT2D eigenvalue weighted by molar-refractivity contribution is 5.48. The number of likely N-dealkylation sites (N-methyl/N-ethyl adjacent to an activating group) is 1. The molecule has 4 rings (SSSR count). The second-order valence-electron chi connectivity index (χ2n) is 6.18. The monoisotopic (exact) mass is 331 g/mol. The maximum Gasteiger partial charge on any atom is 0.231 e. The minimum atomic E-state index is -0.0203. The van der Waals surface area contributed by atoms with E-state index in [-0.39, 0.29) is 18.9 Å². The van der Waals surface area contributed by atoms with Crippen LogP contribution < -0.4 is 14.2 Å². The van der Waals surface area contributed by atoms with E-state index >= 15 is 0 Å². The molecule has 24 heavy (non-hydrogen) atoms. The Kier molecular flexibility index (Phi) is 4.03. The summed E-state index contributed by atoms with van der Waals surface area (Å²) in [7, 11) is 3.95. The van der Waals surface area contributed by atoms with E-state index in [1.54, 1.807) is 10.9 Å². The smallest absolute Gasteiger partial charge is 0.231 e. The van der Waals surface area contributed by atoms with Gasteiger partial charge in [-0.05, 0) is 13.1 Å². The van der Waals surface area contributed by atoms with Gasteiger partial charge in [-0.15, -0.1) is 0 Å². The van der Waals surface area contributed by atoms with Crippen molar-refractivity contribution in [3.05, 3.63) is 36.2 Å². The van der Waals surface area contributed by atoms with Gasteiger partial charge in [0, 0.05) is 19.2 Å². The minimum Gasteiger partial charge on any atom is -0.483 e. The maximum absolute atomic E-state index is 6.05. The van der Waals surface area contributed by atoms with E-state index in [2.05, 4.69) is 23.1 Å². The van der Waals surface area contributed by atoms with Crippen LogP contribution in [0.5, 0.6) is 17.2 Å². The Morgan fingerprint density at radius 1 is 1.33 bits per heavy atom. The van der Waals surface area contributed by atoms with Crippen LogP contribution in [0.4, 0.5) is 0 Å². The van der Waals surface area contributed by atoms with Gasteiger partial charge < -0.3 is 18.9 Å². The van der Waals surface area contributed by atoms with Gasteiger partial charge in [-0.3, -0.25) is 9.58 Å². The molecule has 3 heterocycles. The Morgan fingerprint density at radius 3 is 3.08 bits per heavy atom. The summed E-state index contributed by atoms with van der Waals surface area (Å²) < 4.78 is 24.5. The molecule has 2 aliphatic rings. The molecule has 2 atom stereocenters. The summed E-state index contributed by atoms with van der Waals surface area (Å²) in [6.07, 6.45) is 3.57. The van der Waals surface area contributed by atoms with Crippen LogP contribution in [0.3, 0.4) is 0 Å². The third kappa shape index (κ3) is 2.92. The number of aromatic nitrogens is 2. The van der Waals surface area contributed by atoms with Gasteiger partial charge in [0.05, 0.1) is 31.6 Å². The largest absolute Gasteiger partial charge is 0.483 e. The molecule has 0 aliphatic carbocycles. The van der Waals surface area contributed by atoms with Gasteiger partial charge in [0.25, 0.3) is 0 Å². The molecule has 1 aromatic heterocycles. The summed E-state index contributed by atoms with van der Waals surface area (Å²) in [5.41, 5.74) is 1.11. The number of nitrogens with zero attached hydrogens (tertiary/aromatic N) is 3. The number of fused-ring (bicyclic) bond motifs is 1. The molecule has 0 radical (unpaired) electrons. The number of para-hydroxylation sites is 1. The van der Waals surface area contributed by atoms with Crippen LogP contribution in [-0.4, -0.2) is 53.9 Å². The van der Waals surface area contributed by atoms with Crippen LogP contribution >= 0.6 is 0 Å². The van der Waals surface area contributed by atoms with Gasteiger partial charge in [-0.1, -0.05) is 12.1 Å². The molecule has 7 heteroatoms. The van der Waals surface area contributed by atoms with E-state index in [4.69, 9.17) is 18.9 Å². The average Bonchev–Trinajstić information content (AvgIpc) is 3.29. The van der Waals surface area contributed by atoms with Gasteiger partial charge in [-0.2, -0.15) is 5.10 Å². The molecule has 0 unspecified atom stereocenters. The Bertz CT molecular complexity index is 718. The quantitative estimate of drug-likeness (QED) is 0.826. The third-order valence-electron chi connectivity index (χ3n) is 4.43. The van der Waals surface area contributed by atoms with E-state index in [0.717, 1.165) is 29.4 Å². The van der Waals surface area contributed by atoms with Gasteiger partial charge in [-0.25, -0.2) is 0 Å². The molecule has 1 fully saturated rings. The molecule has 1 aromatic carbocycles. The van der Waals surface area contributed by atoms with Crippen molar-refractivity contribution in [1.29, 1.82) is 0 Å². The Hall–Kier alpha value is -2.25. The van der Waals surface area contributed by atoms with Crippen molar-refractivity contribution < 1.29 is 18.9 Å². The molecule has 1 saturated heterocycles. The lowest BCUT2D eigenvalue weighted by atomic mass is 10.1. The lowest BCUT2D eigenvalue weighted by Gasteiger charge is -2.28. The van der Waals surface area contributed by atoms with Crippen molar-refractivity contribution in [3.8, 4) is 17.2 Å². The topological polar surface area (TPSA) is 58.0 Å². The van der Waals surface area contributed by atoms with Crippen molar-refractivity contribution >= 4 is 0 Å². The first-order valence-corrected chi connectivity index (χ1v) is 8.01. The van der Waals surface area contributed by atoms with Crippen molar-refractivity contribution in [2.45, 2.75) is 18.7 Å². The zero-order valence-corrected chi connectivity index (χ0v) is 13.8. The van der Waals surface area contributed by atoms with Crippen LogP contribution in [0.25, 0.3) is 0 Å². The highest BCUT2D eigenvalue weighted by Crippen LogP contribution is 2.36. The minimum absolute atomic E-state index is 0.0203. The summed E-state index contributed by atoms with van der Waals surface area (Å²) in [5, 5.41) is 4.14. The summed E-state index contributed by atoms with van der Waals surface area (Å²) in [4.78, 5) is 2.24. The molecule has 0 amide bonds. The lowest BCUT2D eigenvalue weighted by Crippen LogP contribution is -2.42. The van der Waals surface area contributed by atoms with Gasteiger partial charge in [0.2, 0.25) is 6.79 Å². The first-order chi connectivity index (χ1) is 11.7. The molecule has 0 bridgehead atoms. The molecule has 2 aliphatic heterocycles. The standard InChI is InChI=1S/C17H21N3O4/c1-19(7-12-4-3-5-15-17(12)23-11-22-15)14-9-21-10-16(14)24-13-6-18-20(2)8-13/h3-6,8,14,16H,7,9-11H2,1-2H3/t14-,16+/m0/s1. The molecule has 7 nitrogen and oxygen atoms in total. The predicted octanol–water partition coefficient (Wildman–Crippen LogP) is 1.43. The van der Waals surface area contributed by atoms with Crippen LogP contribution in [0.1, 0.15) is 5.56 Å². The number of hydrogen-bond donors (Lipinski definition) is 0. The van der Waals surface area contributed by atoms with Crippen LogP contribution in [-0.2, 0) is 18.3 Å². The molecule has 0 saturated carbocycles. The van der Waals surface area contributed by atoms with Gasteiger partial charge >= 0.3 is 0 Å². The first-order valence-electron chi connectivity index (χ1n) is 8.01. The van der Waals surface area contributed by atoms with E-state index in [1.165, 1.54) is 0 Å². The molecular formula is C17H21N3O4. The third-order valence-corrected chi connectivity index (χ3v) is 4.43. The number of ether oxygens (including phenoxy) is 4. The SMILES string of the molecule is CN(Cc1cccc2c1OCO2)[C@H]1COC[C@H]1Oc1cnn(C)c1. The van der Waals surface area contributed by atoms with Crippen LogP contribution in [0.2, 0.25) is 0 Å². The Morgan fingerprint density at radius 2 is 2.25 bits per heavy atom. The van der Waals surface area contributed by atoms with Crippen molar-refractivity contribution in [3.63, 3.8) is 0 Å². The van der Waals surface area contributed by atoms with Gasteiger partial charge in [0.15, 0.2) is 17.2 Å². The lowest BCUT2D eigenvalue weighted by molar-refractivity contribution is 0.111. The molecule has 128 valence electrons. The van der Waals surface area contributed by atoms with E-state index in [1.807, 2.05) is 25.4 Å². The highest BCUT2D eigenvalue weighted by Gasteiger charge is 2.34. The fourth-order valence-electron chi connectivity index (χ4n) is 3.18. The first kappa shape index (κ1) is 15.3. The summed E-state index contributed by atoms with van der Waals surface area (Å²) in [6, 6.07) is 6.16. The zero-order valence-electron chi connectivity index (χ0n) is 13.8. The Balaban J connectivity index is 1.45. The van der Waals surface area contributed by atoms with Gasteiger partial charge in [0.1, 0.15) is 6.10 Å². The van der Waals surface area contributed by atoms with Crippen molar-refractivity contribution in [2.75, 3.05) is 27.1 Å². The van der Waals surface area contributed by atoms with E-state index in [9.17, 15) is 0 Å². The second kappa shape index (κ2) is 6.33. The van der Waals surface area contributed by atoms with E-state index in [0.29, 0.717) is 13.2 Å². The van der Waals surface area contributed by atoms with Crippen molar-refractivity contribution in [1.82, 2.24) is 14.7 Å². The molecule has 2 aromatic rings. The maximum atomic E-state index is 6.05. The fourth-order valence-corrected chi connectivity index (χ4v) is 3.18. The normalized spacial score (nSPS) is 22.3. The highest BCUT2D eigenvalue weighted by atomic mass is 16.7. The number of aryl methyl sites for hydroxylation is 1. The van der Waals surface area contributed by atoms with Crippen molar-refractivity contribution in [2.24, 2.45) is 7.05 Å². The summed E-state index contributed by atoms with van der Waals surface area (Å²) in [6.45, 7) is 2.26. The number of hydrogen-bond acceptors (Lipinski definition) is 6. The zero-order chi connectivity index (χ0) is 16.5.